The molecule has 3 atom stereocenters. The largest absolute Gasteiger partial charge is 0.390 e. The first-order valence-electron chi connectivity index (χ1n) is 12.3. The summed E-state index contributed by atoms with van der Waals surface area (Å²) < 4.78 is 0. The molecule has 2 aromatic carbocycles. The van der Waals surface area contributed by atoms with Crippen LogP contribution in [0, 0.1) is 5.92 Å². The van der Waals surface area contributed by atoms with Gasteiger partial charge in [0.25, 0.3) is 0 Å². The number of nitrogens with one attached hydrogen (secondary N) is 3. The molecule has 9 nitrogen and oxygen atoms in total. The summed E-state index contributed by atoms with van der Waals surface area (Å²) in [5, 5.41) is 19.6. The quantitative estimate of drug-likeness (QED) is 0.254. The second kappa shape index (κ2) is 14.9. The molecule has 0 aromatic heterocycles. The van der Waals surface area contributed by atoms with Gasteiger partial charge in [0.05, 0.1) is 18.6 Å². The van der Waals surface area contributed by atoms with E-state index >= 15 is 0 Å². The van der Waals surface area contributed by atoms with Crippen LogP contribution < -0.4 is 26.6 Å². The number of nitrogens with two attached hydrogens (primary N) is 1. The number of anilines is 1. The van der Waals surface area contributed by atoms with Crippen LogP contribution in [0.1, 0.15) is 32.3 Å². The number of aliphatic hydroxyl groups excluding tert-OH is 1. The van der Waals surface area contributed by atoms with Crippen molar-refractivity contribution in [3.8, 4) is 0 Å². The highest BCUT2D eigenvalue weighted by Crippen LogP contribution is 2.12. The SMILES string of the molecule is CC(C)CCNCC(O)C(Cc1ccccc1)NC(=O)C(CC(N)=O)NC(=O)N(C)c1ccccc1. The molecule has 9 heteroatoms. The molecule has 0 saturated heterocycles. The third-order valence-corrected chi connectivity index (χ3v) is 5.81. The summed E-state index contributed by atoms with van der Waals surface area (Å²) in [5.74, 6) is -0.791. The fourth-order valence-electron chi connectivity index (χ4n) is 3.64. The van der Waals surface area contributed by atoms with Crippen molar-refractivity contribution in [2.45, 2.75) is 51.3 Å². The molecule has 6 N–H and O–H groups in total. The zero-order valence-electron chi connectivity index (χ0n) is 21.3. The summed E-state index contributed by atoms with van der Waals surface area (Å²) >= 11 is 0. The number of amides is 4. The molecule has 0 heterocycles. The van der Waals surface area contributed by atoms with Gasteiger partial charge in [-0.15, -0.1) is 0 Å². The van der Waals surface area contributed by atoms with E-state index in [1.54, 1.807) is 31.3 Å². The van der Waals surface area contributed by atoms with Crippen molar-refractivity contribution in [3.05, 3.63) is 66.2 Å². The monoisotopic (exact) mass is 497 g/mol. The molecule has 4 amide bonds. The number of para-hydroxylation sites is 1. The van der Waals surface area contributed by atoms with E-state index in [4.69, 9.17) is 5.73 Å². The zero-order valence-corrected chi connectivity index (χ0v) is 21.3. The van der Waals surface area contributed by atoms with Crippen LogP contribution in [0.2, 0.25) is 0 Å². The minimum atomic E-state index is -1.19. The second-order valence-corrected chi connectivity index (χ2v) is 9.33. The first kappa shape index (κ1) is 28.8. The van der Waals surface area contributed by atoms with Crippen LogP contribution in [0.5, 0.6) is 0 Å². The van der Waals surface area contributed by atoms with E-state index < -0.39 is 36.0 Å². The van der Waals surface area contributed by atoms with E-state index in [0.717, 1.165) is 18.5 Å². The van der Waals surface area contributed by atoms with Gasteiger partial charge in [0.1, 0.15) is 6.04 Å². The summed E-state index contributed by atoms with van der Waals surface area (Å²) in [5.41, 5.74) is 6.93. The molecule has 0 fully saturated rings. The number of primary amides is 1. The predicted octanol–water partition coefficient (Wildman–Crippen LogP) is 1.80. The lowest BCUT2D eigenvalue weighted by Crippen LogP contribution is -2.57. The van der Waals surface area contributed by atoms with Crippen molar-refractivity contribution in [2.24, 2.45) is 11.7 Å². The number of hydrogen-bond donors (Lipinski definition) is 5. The molecule has 0 radical (unpaired) electrons. The lowest BCUT2D eigenvalue weighted by molar-refractivity contribution is -0.128. The molecule has 0 spiro atoms. The summed E-state index contributed by atoms with van der Waals surface area (Å²) in [4.78, 5) is 39.1. The number of benzene rings is 2. The topological polar surface area (TPSA) is 137 Å². The minimum absolute atomic E-state index is 0.286. The van der Waals surface area contributed by atoms with E-state index in [-0.39, 0.29) is 13.0 Å². The highest BCUT2D eigenvalue weighted by molar-refractivity contribution is 5.96. The van der Waals surface area contributed by atoms with Crippen molar-refractivity contribution in [1.29, 1.82) is 0 Å². The molecule has 0 aliphatic rings. The van der Waals surface area contributed by atoms with E-state index in [0.29, 0.717) is 18.0 Å². The fraction of sp³-hybridized carbons (Fsp3) is 0.444. The van der Waals surface area contributed by atoms with Gasteiger partial charge in [-0.2, -0.15) is 0 Å². The average Bonchev–Trinajstić information content (AvgIpc) is 2.85. The Hall–Kier alpha value is -3.43. The fourth-order valence-corrected chi connectivity index (χ4v) is 3.64. The normalized spacial score (nSPS) is 13.5. The van der Waals surface area contributed by atoms with Crippen LogP contribution in [0.15, 0.2) is 60.7 Å². The Morgan fingerprint density at radius 3 is 2.17 bits per heavy atom. The van der Waals surface area contributed by atoms with Crippen molar-refractivity contribution < 1.29 is 19.5 Å². The third-order valence-electron chi connectivity index (χ3n) is 5.81. The standard InChI is InChI=1S/C27H39N5O4/c1-19(2)14-15-29-18-24(33)22(16-20-10-6-4-7-11-20)30-26(35)23(17-25(28)34)31-27(36)32(3)21-12-8-5-9-13-21/h4-13,19,22-24,29,33H,14-18H2,1-3H3,(H2,28,34)(H,30,35)(H,31,36). The van der Waals surface area contributed by atoms with Crippen LogP contribution in [0.3, 0.4) is 0 Å². The van der Waals surface area contributed by atoms with Gasteiger partial charge in [-0.3, -0.25) is 14.5 Å². The summed E-state index contributed by atoms with van der Waals surface area (Å²) in [6.45, 7) is 5.28. The number of urea groups is 1. The average molecular weight is 498 g/mol. The Bertz CT molecular complexity index is 955. The molecule has 0 aliphatic heterocycles. The summed E-state index contributed by atoms with van der Waals surface area (Å²) in [6.07, 6.45) is 0.0736. The second-order valence-electron chi connectivity index (χ2n) is 9.33. The number of carbonyl (C=O) groups excluding carboxylic acids is 3. The molecule has 0 saturated carbocycles. The first-order valence-corrected chi connectivity index (χ1v) is 12.3. The van der Waals surface area contributed by atoms with Gasteiger partial charge in [-0.25, -0.2) is 4.79 Å². The number of nitrogens with zero attached hydrogens (tertiary/aromatic N) is 1. The van der Waals surface area contributed by atoms with Gasteiger partial charge in [0.15, 0.2) is 0 Å². The van der Waals surface area contributed by atoms with Gasteiger partial charge < -0.3 is 26.8 Å². The maximum atomic E-state index is 13.2. The Kier molecular flexibility index (Phi) is 11.9. The van der Waals surface area contributed by atoms with Gasteiger partial charge in [-0.1, -0.05) is 62.4 Å². The van der Waals surface area contributed by atoms with Crippen LogP contribution in [0.25, 0.3) is 0 Å². The van der Waals surface area contributed by atoms with E-state index in [2.05, 4.69) is 29.8 Å². The van der Waals surface area contributed by atoms with Gasteiger partial charge in [0.2, 0.25) is 11.8 Å². The third kappa shape index (κ3) is 10.1. The first-order chi connectivity index (χ1) is 17.2. The smallest absolute Gasteiger partial charge is 0.322 e. The van der Waals surface area contributed by atoms with E-state index in [9.17, 15) is 19.5 Å². The van der Waals surface area contributed by atoms with Crippen molar-refractivity contribution in [2.75, 3.05) is 25.0 Å². The maximum absolute atomic E-state index is 13.2. The minimum Gasteiger partial charge on any atom is -0.390 e. The lowest BCUT2D eigenvalue weighted by atomic mass is 10.00. The highest BCUT2D eigenvalue weighted by atomic mass is 16.3. The number of hydrogen-bond acceptors (Lipinski definition) is 5. The lowest BCUT2D eigenvalue weighted by Gasteiger charge is -2.28. The van der Waals surface area contributed by atoms with Crippen LogP contribution in [-0.4, -0.2) is 61.3 Å². The summed E-state index contributed by atoms with van der Waals surface area (Å²) in [6, 6.07) is 16.0. The van der Waals surface area contributed by atoms with E-state index in [1.165, 1.54) is 4.90 Å². The van der Waals surface area contributed by atoms with Crippen LogP contribution in [-0.2, 0) is 16.0 Å². The molecular weight excluding hydrogens is 458 g/mol. The Morgan fingerprint density at radius 1 is 0.972 bits per heavy atom. The van der Waals surface area contributed by atoms with Crippen LogP contribution >= 0.6 is 0 Å². The van der Waals surface area contributed by atoms with Gasteiger partial charge in [-0.05, 0) is 43.0 Å². The molecule has 2 aromatic rings. The summed E-state index contributed by atoms with van der Waals surface area (Å²) in [7, 11) is 1.56. The zero-order chi connectivity index (χ0) is 26.5. The molecule has 2 rings (SSSR count). The molecule has 196 valence electrons. The Labute approximate surface area is 213 Å². The molecule has 36 heavy (non-hydrogen) atoms. The number of aliphatic hydroxyl groups is 1. The highest BCUT2D eigenvalue weighted by Gasteiger charge is 2.29. The van der Waals surface area contributed by atoms with Crippen molar-refractivity contribution in [1.82, 2.24) is 16.0 Å². The maximum Gasteiger partial charge on any atom is 0.322 e. The molecule has 0 bridgehead atoms. The van der Waals surface area contributed by atoms with Crippen molar-refractivity contribution >= 4 is 23.5 Å². The van der Waals surface area contributed by atoms with Crippen molar-refractivity contribution in [3.63, 3.8) is 0 Å². The van der Waals surface area contributed by atoms with E-state index in [1.807, 2.05) is 36.4 Å². The molecule has 3 unspecified atom stereocenters. The number of rotatable bonds is 14. The molecular formula is C27H39N5O4. The van der Waals surface area contributed by atoms with Gasteiger partial charge in [0, 0.05) is 19.3 Å². The van der Waals surface area contributed by atoms with Gasteiger partial charge >= 0.3 is 6.03 Å². The van der Waals surface area contributed by atoms with Crippen LogP contribution in [0.4, 0.5) is 10.5 Å². The predicted molar refractivity (Wildman–Crippen MR) is 141 cm³/mol. The molecule has 0 aliphatic carbocycles. The Balaban J connectivity index is 2.12. The Morgan fingerprint density at radius 2 is 1.58 bits per heavy atom. The number of carbonyl (C=O) groups is 3.